The molecular weight excluding hydrogens is 618 g/mol. The lowest BCUT2D eigenvalue weighted by Crippen LogP contribution is -2.30. The number of rotatable bonds is 9. The zero-order valence-corrected chi connectivity index (χ0v) is 31.0. The quantitative estimate of drug-likeness (QED) is 0.164. The molecule has 4 aliphatic heterocycles. The fraction of sp³-hybridized carbons (Fsp3) is 0.273. The second-order valence-corrected chi connectivity index (χ2v) is 19.0. The van der Waals surface area contributed by atoms with Crippen LogP contribution in [0, 0.1) is 10.8 Å². The maximum atomic E-state index is 2.59. The molecule has 8 rings (SSSR count). The summed E-state index contributed by atoms with van der Waals surface area (Å²) in [5.41, 5.74) is 12.1. The van der Waals surface area contributed by atoms with E-state index in [1.165, 1.54) is 34.6 Å². The monoisotopic (exact) mass is 664 g/mol. The van der Waals surface area contributed by atoms with Crippen LogP contribution >= 0.6 is 15.8 Å². The smallest absolute Gasteiger partial charge is 0.0213 e. The summed E-state index contributed by atoms with van der Waals surface area (Å²) < 4.78 is 0. The molecule has 4 heterocycles. The lowest BCUT2D eigenvalue weighted by atomic mass is 9.71. The van der Waals surface area contributed by atoms with Gasteiger partial charge >= 0.3 is 0 Å². The van der Waals surface area contributed by atoms with Gasteiger partial charge in [-0.15, -0.1) is 0 Å². The summed E-state index contributed by atoms with van der Waals surface area (Å²) in [5.74, 6) is 0. The number of fused-ring (bicyclic) bond motifs is 4. The molecule has 0 saturated carbocycles. The zero-order chi connectivity index (χ0) is 33.2. The molecule has 4 aliphatic rings. The standard InChI is InChI=1S/C44H46N2P2/c1-43-29-47(39(33-23-15-9-16-24-33)37(43)31-19-11-7-12-20-31)41(35(43)27-45(3)4)42-36(28-46(5)6)44(2)30-48(42)40(34-25-17-10-18-26-34)38(44)32-21-13-8-14-22-32/h7-26H,27-30H2,1-6H3. The minimum absolute atomic E-state index is 0.00780. The van der Waals surface area contributed by atoms with E-state index in [0.717, 1.165) is 13.1 Å². The van der Waals surface area contributed by atoms with E-state index in [9.17, 15) is 0 Å². The molecule has 0 N–H and O–H groups in total. The van der Waals surface area contributed by atoms with E-state index in [4.69, 9.17) is 0 Å². The molecule has 4 unspecified atom stereocenters. The van der Waals surface area contributed by atoms with Crippen molar-refractivity contribution < 1.29 is 0 Å². The van der Waals surface area contributed by atoms with Crippen LogP contribution in [0.2, 0.25) is 0 Å². The van der Waals surface area contributed by atoms with Gasteiger partial charge in [-0.05, 0) is 122 Å². The van der Waals surface area contributed by atoms with Crippen molar-refractivity contribution in [3.05, 3.63) is 165 Å². The summed E-state index contributed by atoms with van der Waals surface area (Å²) in [5, 5.41) is 6.72. The average molecular weight is 665 g/mol. The highest BCUT2D eigenvalue weighted by Crippen LogP contribution is 2.87. The minimum atomic E-state index is -0.557. The van der Waals surface area contributed by atoms with Crippen molar-refractivity contribution in [1.82, 2.24) is 9.80 Å². The molecule has 0 aromatic heterocycles. The van der Waals surface area contributed by atoms with E-state index in [-0.39, 0.29) is 10.8 Å². The van der Waals surface area contributed by atoms with Crippen LogP contribution in [0.3, 0.4) is 0 Å². The number of nitrogens with zero attached hydrogens (tertiary/aromatic N) is 2. The zero-order valence-electron chi connectivity index (χ0n) is 29.2. The van der Waals surface area contributed by atoms with Gasteiger partial charge in [0.2, 0.25) is 0 Å². The van der Waals surface area contributed by atoms with Crippen LogP contribution in [-0.4, -0.2) is 63.4 Å². The first kappa shape index (κ1) is 31.9. The number of benzene rings is 4. The maximum Gasteiger partial charge on any atom is 0.0213 e. The second-order valence-electron chi connectivity index (χ2n) is 14.9. The minimum Gasteiger partial charge on any atom is -0.305 e. The van der Waals surface area contributed by atoms with E-state index in [1.54, 1.807) is 43.5 Å². The summed E-state index contributed by atoms with van der Waals surface area (Å²) >= 11 is 0. The molecule has 0 spiro atoms. The Kier molecular flexibility index (Phi) is 8.09. The Hall–Kier alpha value is -3.38. The van der Waals surface area contributed by atoms with E-state index in [1.807, 2.05) is 0 Å². The molecule has 0 fully saturated rings. The highest BCUT2D eigenvalue weighted by molar-refractivity contribution is 7.79. The Labute approximate surface area is 290 Å². The number of allylic oxidation sites excluding steroid dienone is 4. The number of hydrogen-bond acceptors (Lipinski definition) is 2. The van der Waals surface area contributed by atoms with Crippen LogP contribution in [0.15, 0.2) is 143 Å². The van der Waals surface area contributed by atoms with Gasteiger partial charge in [0.05, 0.1) is 0 Å². The van der Waals surface area contributed by atoms with Crippen LogP contribution in [-0.2, 0) is 0 Å². The molecule has 0 saturated heterocycles. The van der Waals surface area contributed by atoms with Gasteiger partial charge in [-0.1, -0.05) is 135 Å². The summed E-state index contributed by atoms with van der Waals surface area (Å²) in [6, 6.07) is 45.4. The molecule has 0 radical (unpaired) electrons. The van der Waals surface area contributed by atoms with Crippen molar-refractivity contribution in [1.29, 1.82) is 0 Å². The van der Waals surface area contributed by atoms with Crippen LogP contribution in [0.5, 0.6) is 0 Å². The molecule has 4 aromatic rings. The van der Waals surface area contributed by atoms with Crippen molar-refractivity contribution in [3.63, 3.8) is 0 Å². The largest absolute Gasteiger partial charge is 0.305 e. The molecular formula is C44H46N2P2. The van der Waals surface area contributed by atoms with Crippen molar-refractivity contribution >= 4 is 37.6 Å². The van der Waals surface area contributed by atoms with E-state index in [0.29, 0.717) is 0 Å². The highest BCUT2D eigenvalue weighted by Gasteiger charge is 2.60. The van der Waals surface area contributed by atoms with Crippen LogP contribution in [0.25, 0.3) is 21.8 Å². The SMILES string of the molecule is CN(C)CC1=C(C2=C(CN(C)C)C3(C)CP2C(c2ccccc2)=C3c2ccccc2)P2CC1(C)C(c1ccccc1)=C2c1ccccc1. The molecule has 4 atom stereocenters. The Morgan fingerprint density at radius 1 is 0.438 bits per heavy atom. The third-order valence-corrected chi connectivity index (χ3v) is 17.1. The van der Waals surface area contributed by atoms with Crippen molar-refractivity contribution in [2.45, 2.75) is 13.8 Å². The summed E-state index contributed by atoms with van der Waals surface area (Å²) in [7, 11) is 7.95. The molecule has 0 amide bonds. The van der Waals surface area contributed by atoms with Crippen LogP contribution in [0.4, 0.5) is 0 Å². The fourth-order valence-corrected chi connectivity index (χ4v) is 17.1. The summed E-state index contributed by atoms with van der Waals surface area (Å²) in [6.07, 6.45) is 2.42. The lowest BCUT2D eigenvalue weighted by Gasteiger charge is -2.38. The first-order chi connectivity index (χ1) is 23.2. The Morgan fingerprint density at radius 2 is 0.729 bits per heavy atom. The van der Waals surface area contributed by atoms with Crippen LogP contribution in [0.1, 0.15) is 36.1 Å². The van der Waals surface area contributed by atoms with Gasteiger partial charge in [-0.3, -0.25) is 0 Å². The van der Waals surface area contributed by atoms with Crippen LogP contribution < -0.4 is 0 Å². The Morgan fingerprint density at radius 3 is 1.02 bits per heavy atom. The normalized spacial score (nSPS) is 26.3. The topological polar surface area (TPSA) is 6.48 Å². The van der Waals surface area contributed by atoms with Gasteiger partial charge in [0.25, 0.3) is 0 Å². The van der Waals surface area contributed by atoms with Gasteiger partial charge < -0.3 is 9.80 Å². The molecule has 48 heavy (non-hydrogen) atoms. The van der Waals surface area contributed by atoms with Gasteiger partial charge in [0, 0.05) is 23.9 Å². The van der Waals surface area contributed by atoms with Crippen molar-refractivity contribution in [3.8, 4) is 0 Å². The van der Waals surface area contributed by atoms with Gasteiger partial charge in [-0.25, -0.2) is 0 Å². The van der Waals surface area contributed by atoms with Gasteiger partial charge in [-0.2, -0.15) is 0 Å². The third-order valence-electron chi connectivity index (χ3n) is 10.9. The van der Waals surface area contributed by atoms with E-state index >= 15 is 0 Å². The number of likely N-dealkylation sites (N-methyl/N-ethyl adjacent to an activating group) is 2. The average Bonchev–Trinajstić information content (AvgIpc) is 3.76. The molecule has 4 aromatic carbocycles. The molecule has 2 nitrogen and oxygen atoms in total. The molecule has 242 valence electrons. The maximum absolute atomic E-state index is 2.59. The number of hydrogen-bond donors (Lipinski definition) is 0. The van der Waals surface area contributed by atoms with E-state index < -0.39 is 15.8 Å². The Balaban J connectivity index is 1.41. The van der Waals surface area contributed by atoms with Gasteiger partial charge in [0.15, 0.2) is 0 Å². The first-order valence-corrected chi connectivity index (χ1v) is 20.3. The summed E-state index contributed by atoms with van der Waals surface area (Å²) in [6.45, 7) is 7.17. The molecule has 4 bridgehead atoms. The van der Waals surface area contributed by atoms with Crippen molar-refractivity contribution in [2.75, 3.05) is 53.6 Å². The predicted molar refractivity (Wildman–Crippen MR) is 210 cm³/mol. The highest BCUT2D eigenvalue weighted by atomic mass is 31.1. The van der Waals surface area contributed by atoms with E-state index in [2.05, 4.69) is 173 Å². The fourth-order valence-electron chi connectivity index (χ4n) is 9.05. The summed E-state index contributed by atoms with van der Waals surface area (Å²) in [4.78, 5) is 4.86. The second kappa shape index (κ2) is 12.2. The molecule has 0 aliphatic carbocycles. The first-order valence-electron chi connectivity index (χ1n) is 17.3. The predicted octanol–water partition coefficient (Wildman–Crippen LogP) is 10.8. The van der Waals surface area contributed by atoms with Gasteiger partial charge in [0.1, 0.15) is 0 Å². The Bertz CT molecular complexity index is 1840. The lowest BCUT2D eigenvalue weighted by molar-refractivity contribution is 0.411. The van der Waals surface area contributed by atoms with Crippen molar-refractivity contribution in [2.24, 2.45) is 10.8 Å². The third kappa shape index (κ3) is 4.91. The molecule has 4 heteroatoms.